The maximum absolute atomic E-state index is 13.1. The van der Waals surface area contributed by atoms with Crippen LogP contribution in [0.3, 0.4) is 0 Å². The first-order chi connectivity index (χ1) is 13.5. The Kier molecular flexibility index (Phi) is 6.52. The van der Waals surface area contributed by atoms with Crippen molar-refractivity contribution in [1.29, 1.82) is 0 Å². The molecule has 150 valence electrons. The van der Waals surface area contributed by atoms with E-state index in [9.17, 15) is 9.18 Å². The van der Waals surface area contributed by atoms with E-state index < -0.39 is 0 Å². The zero-order valence-electron chi connectivity index (χ0n) is 16.6. The summed E-state index contributed by atoms with van der Waals surface area (Å²) >= 11 is 0. The molecule has 1 saturated heterocycles. The van der Waals surface area contributed by atoms with Crippen LogP contribution in [0.5, 0.6) is 11.5 Å². The Morgan fingerprint density at radius 1 is 1.21 bits per heavy atom. The largest absolute Gasteiger partial charge is 0.497 e. The smallest absolute Gasteiger partial charge is 0.234 e. The van der Waals surface area contributed by atoms with Gasteiger partial charge in [-0.3, -0.25) is 9.69 Å². The molecule has 1 N–H and O–H groups in total. The molecule has 3 rings (SSSR count). The summed E-state index contributed by atoms with van der Waals surface area (Å²) in [5, 5.41) is 3.01. The van der Waals surface area contributed by atoms with Crippen LogP contribution in [0.4, 0.5) is 4.39 Å². The van der Waals surface area contributed by atoms with Crippen LogP contribution in [-0.4, -0.2) is 38.1 Å². The standard InChI is InChI=1S/C22H27FN2O3/c1-15(16-6-8-17(23)9-7-16)24-22(26)14-25-12-4-5-20(25)19-11-10-18(27-2)13-21(19)28-3/h6-11,13,15,20H,4-5,12,14H2,1-3H3,(H,24,26)/t15-,20-/m1/s1. The molecule has 1 amide bonds. The summed E-state index contributed by atoms with van der Waals surface area (Å²) in [6.07, 6.45) is 2.00. The van der Waals surface area contributed by atoms with Gasteiger partial charge in [0.15, 0.2) is 0 Å². The molecule has 0 radical (unpaired) electrons. The number of rotatable bonds is 7. The van der Waals surface area contributed by atoms with Crippen molar-refractivity contribution in [3.8, 4) is 11.5 Å². The van der Waals surface area contributed by atoms with Crippen LogP contribution in [-0.2, 0) is 4.79 Å². The Morgan fingerprint density at radius 2 is 1.96 bits per heavy atom. The van der Waals surface area contributed by atoms with Crippen molar-refractivity contribution in [3.63, 3.8) is 0 Å². The fourth-order valence-electron chi connectivity index (χ4n) is 3.77. The van der Waals surface area contributed by atoms with Crippen LogP contribution in [0.1, 0.15) is 43.0 Å². The van der Waals surface area contributed by atoms with Crippen molar-refractivity contribution >= 4 is 5.91 Å². The molecule has 0 aliphatic carbocycles. The average Bonchev–Trinajstić information content (AvgIpc) is 3.15. The lowest BCUT2D eigenvalue weighted by Crippen LogP contribution is -2.38. The van der Waals surface area contributed by atoms with Gasteiger partial charge in [0.05, 0.1) is 26.8 Å². The molecule has 2 atom stereocenters. The molecule has 0 saturated carbocycles. The maximum Gasteiger partial charge on any atom is 0.234 e. The van der Waals surface area contributed by atoms with Crippen LogP contribution in [0.15, 0.2) is 42.5 Å². The fourth-order valence-corrected chi connectivity index (χ4v) is 3.77. The summed E-state index contributed by atoms with van der Waals surface area (Å²) < 4.78 is 23.9. The maximum atomic E-state index is 13.1. The lowest BCUT2D eigenvalue weighted by Gasteiger charge is -2.26. The number of hydrogen-bond donors (Lipinski definition) is 1. The van der Waals surface area contributed by atoms with Gasteiger partial charge in [-0.25, -0.2) is 4.39 Å². The van der Waals surface area contributed by atoms with E-state index in [2.05, 4.69) is 10.2 Å². The van der Waals surface area contributed by atoms with Gasteiger partial charge in [0.1, 0.15) is 17.3 Å². The number of carbonyl (C=O) groups excluding carboxylic acids is 1. The van der Waals surface area contributed by atoms with E-state index in [1.807, 2.05) is 25.1 Å². The number of nitrogens with one attached hydrogen (secondary N) is 1. The third kappa shape index (κ3) is 4.62. The Hall–Kier alpha value is -2.60. The number of amides is 1. The molecule has 1 heterocycles. The molecule has 0 spiro atoms. The number of halogens is 1. The summed E-state index contributed by atoms with van der Waals surface area (Å²) in [6, 6.07) is 12.0. The third-order valence-corrected chi connectivity index (χ3v) is 5.26. The van der Waals surface area contributed by atoms with Crippen molar-refractivity contribution in [3.05, 3.63) is 59.4 Å². The zero-order chi connectivity index (χ0) is 20.1. The molecule has 2 aromatic rings. The lowest BCUT2D eigenvalue weighted by molar-refractivity contribution is -0.123. The van der Waals surface area contributed by atoms with Crippen molar-refractivity contribution in [2.24, 2.45) is 0 Å². The minimum atomic E-state index is -0.282. The van der Waals surface area contributed by atoms with Gasteiger partial charge in [0.2, 0.25) is 5.91 Å². The summed E-state index contributed by atoms with van der Waals surface area (Å²) in [6.45, 7) is 3.07. The van der Waals surface area contributed by atoms with Crippen LogP contribution < -0.4 is 14.8 Å². The third-order valence-electron chi connectivity index (χ3n) is 5.26. The second-order valence-corrected chi connectivity index (χ2v) is 7.08. The van der Waals surface area contributed by atoms with Crippen LogP contribution in [0.2, 0.25) is 0 Å². The highest BCUT2D eigenvalue weighted by Gasteiger charge is 2.30. The molecule has 1 aliphatic heterocycles. The monoisotopic (exact) mass is 386 g/mol. The van der Waals surface area contributed by atoms with E-state index in [1.165, 1.54) is 12.1 Å². The summed E-state index contributed by atoms with van der Waals surface area (Å²) in [4.78, 5) is 14.8. The number of carbonyl (C=O) groups is 1. The number of benzene rings is 2. The van der Waals surface area contributed by atoms with Crippen molar-refractivity contribution < 1.29 is 18.7 Å². The second kappa shape index (κ2) is 9.06. The normalized spacial score (nSPS) is 17.9. The van der Waals surface area contributed by atoms with Gasteiger partial charge < -0.3 is 14.8 Å². The number of hydrogen-bond acceptors (Lipinski definition) is 4. The number of likely N-dealkylation sites (tertiary alicyclic amines) is 1. The van der Waals surface area contributed by atoms with E-state index in [0.717, 1.165) is 42.0 Å². The van der Waals surface area contributed by atoms with E-state index in [0.29, 0.717) is 6.54 Å². The topological polar surface area (TPSA) is 50.8 Å². The van der Waals surface area contributed by atoms with Crippen LogP contribution in [0, 0.1) is 5.82 Å². The molecule has 0 aromatic heterocycles. The molecule has 1 fully saturated rings. The summed E-state index contributed by atoms with van der Waals surface area (Å²) in [7, 11) is 3.28. The molecule has 0 bridgehead atoms. The van der Waals surface area contributed by atoms with Crippen molar-refractivity contribution in [2.45, 2.75) is 31.8 Å². The van der Waals surface area contributed by atoms with Gasteiger partial charge in [-0.15, -0.1) is 0 Å². The molecule has 6 heteroatoms. The zero-order valence-corrected chi connectivity index (χ0v) is 16.6. The first-order valence-corrected chi connectivity index (χ1v) is 9.52. The number of ether oxygens (including phenoxy) is 2. The molecule has 2 aromatic carbocycles. The van der Waals surface area contributed by atoms with Gasteiger partial charge in [-0.2, -0.15) is 0 Å². The van der Waals surface area contributed by atoms with Crippen molar-refractivity contribution in [2.75, 3.05) is 27.3 Å². The first-order valence-electron chi connectivity index (χ1n) is 9.52. The molecule has 1 aliphatic rings. The van der Waals surface area contributed by atoms with Crippen LogP contribution >= 0.6 is 0 Å². The van der Waals surface area contributed by atoms with E-state index in [4.69, 9.17) is 9.47 Å². The van der Waals surface area contributed by atoms with Gasteiger partial charge >= 0.3 is 0 Å². The SMILES string of the molecule is COc1ccc([C@H]2CCCN2CC(=O)N[C@H](C)c2ccc(F)cc2)c(OC)c1. The minimum absolute atomic E-state index is 0.0452. The Balaban J connectivity index is 1.66. The Labute approximate surface area is 165 Å². The first kappa shape index (κ1) is 20.1. The highest BCUT2D eigenvalue weighted by Crippen LogP contribution is 2.38. The molecule has 5 nitrogen and oxygen atoms in total. The van der Waals surface area contributed by atoms with Gasteiger partial charge in [0.25, 0.3) is 0 Å². The quantitative estimate of drug-likeness (QED) is 0.785. The Morgan fingerprint density at radius 3 is 2.64 bits per heavy atom. The highest BCUT2D eigenvalue weighted by atomic mass is 19.1. The average molecular weight is 386 g/mol. The molecular weight excluding hydrogens is 359 g/mol. The van der Waals surface area contributed by atoms with E-state index in [-0.39, 0.29) is 23.8 Å². The molecular formula is C22H27FN2O3. The van der Waals surface area contributed by atoms with Gasteiger partial charge in [0, 0.05) is 17.7 Å². The summed E-state index contributed by atoms with van der Waals surface area (Å²) in [5.74, 6) is 1.19. The fraction of sp³-hybridized carbons (Fsp3) is 0.409. The number of nitrogens with zero attached hydrogens (tertiary/aromatic N) is 1. The lowest BCUT2D eigenvalue weighted by atomic mass is 10.0. The van der Waals surface area contributed by atoms with Crippen LogP contribution in [0.25, 0.3) is 0 Å². The van der Waals surface area contributed by atoms with E-state index in [1.54, 1.807) is 26.4 Å². The van der Waals surface area contributed by atoms with Gasteiger partial charge in [-0.1, -0.05) is 18.2 Å². The highest BCUT2D eigenvalue weighted by molar-refractivity contribution is 5.78. The second-order valence-electron chi connectivity index (χ2n) is 7.08. The van der Waals surface area contributed by atoms with Gasteiger partial charge in [-0.05, 0) is 50.1 Å². The predicted octanol–water partition coefficient (Wildman–Crippen LogP) is 3.86. The minimum Gasteiger partial charge on any atom is -0.497 e. The van der Waals surface area contributed by atoms with E-state index >= 15 is 0 Å². The van der Waals surface area contributed by atoms with Crippen molar-refractivity contribution in [1.82, 2.24) is 10.2 Å². The molecule has 0 unspecified atom stereocenters. The number of methoxy groups -OCH3 is 2. The predicted molar refractivity (Wildman–Crippen MR) is 106 cm³/mol. The summed E-state index contributed by atoms with van der Waals surface area (Å²) in [5.41, 5.74) is 1.95. The Bertz CT molecular complexity index is 810. The molecule has 28 heavy (non-hydrogen) atoms.